The molecule has 7 heteroatoms. The van der Waals surface area contributed by atoms with E-state index >= 15 is 0 Å². The van der Waals surface area contributed by atoms with Gasteiger partial charge in [0.25, 0.3) is 0 Å². The predicted molar refractivity (Wildman–Crippen MR) is 87.4 cm³/mol. The van der Waals surface area contributed by atoms with Crippen molar-refractivity contribution >= 4 is 17.7 Å². The molecule has 3 rings (SSSR count). The van der Waals surface area contributed by atoms with Gasteiger partial charge in [0, 0.05) is 26.1 Å². The third-order valence-electron chi connectivity index (χ3n) is 3.91. The molecule has 1 aromatic carbocycles. The summed E-state index contributed by atoms with van der Waals surface area (Å²) >= 11 is 0. The van der Waals surface area contributed by atoms with Crippen molar-refractivity contribution in [2.75, 3.05) is 11.9 Å². The van der Waals surface area contributed by atoms with Crippen LogP contribution in [0.1, 0.15) is 34.5 Å². The normalized spacial score (nSPS) is 14.0. The Morgan fingerprint density at radius 1 is 1.17 bits per heavy atom. The molecule has 2 N–H and O–H groups in total. The van der Waals surface area contributed by atoms with Crippen molar-refractivity contribution in [3.8, 4) is 0 Å². The Balaban J connectivity index is 1.54. The number of amides is 1. The topological polar surface area (TPSA) is 95.4 Å². The summed E-state index contributed by atoms with van der Waals surface area (Å²) in [4.78, 5) is 32.1. The zero-order valence-electron chi connectivity index (χ0n) is 13.1. The van der Waals surface area contributed by atoms with Crippen molar-refractivity contribution in [3.63, 3.8) is 0 Å². The van der Waals surface area contributed by atoms with Crippen LogP contribution >= 0.6 is 0 Å². The van der Waals surface area contributed by atoms with Crippen molar-refractivity contribution in [2.45, 2.75) is 25.9 Å². The summed E-state index contributed by atoms with van der Waals surface area (Å²) in [5, 5.41) is 11.9. The van der Waals surface area contributed by atoms with Crippen molar-refractivity contribution < 1.29 is 14.7 Å². The second kappa shape index (κ2) is 7.08. The second-order valence-electron chi connectivity index (χ2n) is 5.68. The highest BCUT2D eigenvalue weighted by Crippen LogP contribution is 2.15. The van der Waals surface area contributed by atoms with Gasteiger partial charge in [-0.2, -0.15) is 0 Å². The quantitative estimate of drug-likeness (QED) is 0.842. The lowest BCUT2D eigenvalue weighted by atomic mass is 10.1. The molecule has 0 aliphatic carbocycles. The van der Waals surface area contributed by atoms with Crippen LogP contribution in [0.15, 0.2) is 36.7 Å². The monoisotopic (exact) mass is 326 g/mol. The van der Waals surface area contributed by atoms with E-state index in [0.717, 1.165) is 24.1 Å². The van der Waals surface area contributed by atoms with Crippen molar-refractivity contribution in [2.24, 2.45) is 0 Å². The van der Waals surface area contributed by atoms with E-state index in [2.05, 4.69) is 15.3 Å². The molecule has 2 heterocycles. The summed E-state index contributed by atoms with van der Waals surface area (Å²) in [6.45, 7) is 2.06. The van der Waals surface area contributed by atoms with Crippen molar-refractivity contribution in [1.82, 2.24) is 14.9 Å². The van der Waals surface area contributed by atoms with Gasteiger partial charge in [-0.1, -0.05) is 24.3 Å². The standard InChI is InChI=1S/C17H18N4O3/c22-16-2-1-7-21(16)11-13-5-3-12(4-6-13)8-19-15-10-18-14(9-20-15)17(23)24/h3-6,9-10H,1-2,7-8,11H2,(H,19,20)(H,23,24). The van der Waals surface area contributed by atoms with E-state index in [1.54, 1.807) is 0 Å². The maximum Gasteiger partial charge on any atom is 0.356 e. The van der Waals surface area contributed by atoms with Gasteiger partial charge in [-0.25, -0.2) is 14.8 Å². The molecule has 7 nitrogen and oxygen atoms in total. The molecule has 24 heavy (non-hydrogen) atoms. The number of carboxylic acids is 1. The van der Waals surface area contributed by atoms with Crippen LogP contribution < -0.4 is 5.32 Å². The molecule has 1 saturated heterocycles. The van der Waals surface area contributed by atoms with Crippen molar-refractivity contribution in [3.05, 3.63) is 53.5 Å². The number of carboxylic acid groups (broad SMARTS) is 1. The first-order valence-electron chi connectivity index (χ1n) is 7.76. The number of carbonyl (C=O) groups is 2. The average molecular weight is 326 g/mol. The third-order valence-corrected chi connectivity index (χ3v) is 3.91. The number of hydrogen-bond donors (Lipinski definition) is 2. The highest BCUT2D eigenvalue weighted by Gasteiger charge is 2.19. The maximum absolute atomic E-state index is 11.6. The number of aromatic carboxylic acids is 1. The SMILES string of the molecule is O=C(O)c1cnc(NCc2ccc(CN3CCCC3=O)cc2)cn1. The van der Waals surface area contributed by atoms with E-state index in [4.69, 9.17) is 5.11 Å². The molecular formula is C17H18N4O3. The largest absolute Gasteiger partial charge is 0.476 e. The molecule has 0 radical (unpaired) electrons. The molecule has 0 saturated carbocycles. The highest BCUT2D eigenvalue weighted by atomic mass is 16.4. The van der Waals surface area contributed by atoms with Crippen molar-refractivity contribution in [1.29, 1.82) is 0 Å². The Morgan fingerprint density at radius 2 is 1.92 bits per heavy atom. The van der Waals surface area contributed by atoms with Crippen LogP contribution in [0, 0.1) is 0 Å². The van der Waals surface area contributed by atoms with Gasteiger partial charge in [0.05, 0.1) is 12.4 Å². The van der Waals surface area contributed by atoms with Crippen LogP contribution in [-0.4, -0.2) is 38.4 Å². The zero-order chi connectivity index (χ0) is 16.9. The van der Waals surface area contributed by atoms with E-state index in [1.165, 1.54) is 12.4 Å². The number of rotatable bonds is 6. The van der Waals surface area contributed by atoms with Gasteiger partial charge in [0.1, 0.15) is 5.82 Å². The molecule has 0 unspecified atom stereocenters. The molecule has 1 fully saturated rings. The van der Waals surface area contributed by atoms with E-state index < -0.39 is 5.97 Å². The number of hydrogen-bond acceptors (Lipinski definition) is 5. The minimum atomic E-state index is -1.10. The summed E-state index contributed by atoms with van der Waals surface area (Å²) in [7, 11) is 0. The van der Waals surface area contributed by atoms with Gasteiger partial charge in [-0.05, 0) is 17.5 Å². The Morgan fingerprint density at radius 3 is 2.50 bits per heavy atom. The second-order valence-corrected chi connectivity index (χ2v) is 5.68. The lowest BCUT2D eigenvalue weighted by Gasteiger charge is -2.15. The average Bonchev–Trinajstić information content (AvgIpc) is 2.99. The molecule has 1 aliphatic heterocycles. The van der Waals surface area contributed by atoms with E-state index in [-0.39, 0.29) is 11.6 Å². The summed E-state index contributed by atoms with van der Waals surface area (Å²) in [5.74, 6) is -0.350. The minimum absolute atomic E-state index is 0.0821. The number of benzene rings is 1. The number of nitrogens with one attached hydrogen (secondary N) is 1. The van der Waals surface area contributed by atoms with Gasteiger partial charge >= 0.3 is 5.97 Å². The van der Waals surface area contributed by atoms with Gasteiger partial charge in [0.2, 0.25) is 5.91 Å². The van der Waals surface area contributed by atoms with Crippen LogP contribution in [0.3, 0.4) is 0 Å². The minimum Gasteiger partial charge on any atom is -0.476 e. The third kappa shape index (κ3) is 3.87. The first kappa shape index (κ1) is 15.9. The predicted octanol–water partition coefficient (Wildman–Crippen LogP) is 1.91. The van der Waals surface area contributed by atoms with Crippen LogP contribution in [0.4, 0.5) is 5.82 Å². The Labute approximate surface area is 139 Å². The lowest BCUT2D eigenvalue weighted by Crippen LogP contribution is -2.23. The molecule has 0 bridgehead atoms. The van der Waals surface area contributed by atoms with Gasteiger partial charge in [-0.15, -0.1) is 0 Å². The lowest BCUT2D eigenvalue weighted by molar-refractivity contribution is -0.128. The number of likely N-dealkylation sites (tertiary alicyclic amines) is 1. The molecule has 2 aromatic rings. The van der Waals surface area contributed by atoms with E-state index in [9.17, 15) is 9.59 Å². The van der Waals surface area contributed by atoms with Crippen LogP contribution in [0.25, 0.3) is 0 Å². The summed E-state index contributed by atoms with van der Waals surface area (Å²) < 4.78 is 0. The van der Waals surface area contributed by atoms with Gasteiger partial charge in [0.15, 0.2) is 5.69 Å². The molecule has 1 amide bonds. The molecule has 1 aliphatic rings. The maximum atomic E-state index is 11.6. The molecular weight excluding hydrogens is 308 g/mol. The first-order chi connectivity index (χ1) is 11.6. The number of aromatic nitrogens is 2. The summed E-state index contributed by atoms with van der Waals surface area (Å²) in [6.07, 6.45) is 4.23. The fraction of sp³-hybridized carbons (Fsp3) is 0.294. The zero-order valence-corrected chi connectivity index (χ0v) is 13.1. The first-order valence-corrected chi connectivity index (χ1v) is 7.76. The fourth-order valence-corrected chi connectivity index (χ4v) is 2.58. The number of nitrogens with zero attached hydrogens (tertiary/aromatic N) is 3. The number of carbonyl (C=O) groups excluding carboxylic acids is 1. The van der Waals surface area contributed by atoms with Crippen LogP contribution in [0.5, 0.6) is 0 Å². The fourth-order valence-electron chi connectivity index (χ4n) is 2.58. The van der Waals surface area contributed by atoms with E-state index in [0.29, 0.717) is 25.3 Å². The highest BCUT2D eigenvalue weighted by molar-refractivity contribution is 5.84. The Bertz CT molecular complexity index is 729. The Hall–Kier alpha value is -2.96. The molecule has 124 valence electrons. The summed E-state index contributed by atoms with van der Waals surface area (Å²) in [6, 6.07) is 8.04. The molecule has 0 atom stereocenters. The number of anilines is 1. The van der Waals surface area contributed by atoms with Gasteiger partial charge < -0.3 is 15.3 Å². The van der Waals surface area contributed by atoms with Gasteiger partial charge in [-0.3, -0.25) is 4.79 Å². The van der Waals surface area contributed by atoms with Crippen LogP contribution in [0.2, 0.25) is 0 Å². The molecule has 1 aromatic heterocycles. The van der Waals surface area contributed by atoms with E-state index in [1.807, 2.05) is 29.2 Å². The summed E-state index contributed by atoms with van der Waals surface area (Å²) in [5.41, 5.74) is 2.09. The smallest absolute Gasteiger partial charge is 0.356 e. The van der Waals surface area contributed by atoms with Crippen LogP contribution in [-0.2, 0) is 17.9 Å². The molecule has 0 spiro atoms. The Kier molecular flexibility index (Phi) is 4.69.